The van der Waals surface area contributed by atoms with Gasteiger partial charge < -0.3 is 22.1 Å². The van der Waals surface area contributed by atoms with E-state index in [4.69, 9.17) is 22.1 Å². The van der Waals surface area contributed by atoms with E-state index in [1.54, 1.807) is 0 Å². The van der Waals surface area contributed by atoms with Gasteiger partial charge in [0.2, 0.25) is 16.6 Å². The quantitative estimate of drug-likeness (QED) is 0.0456. The first kappa shape index (κ1) is 59.4. The maximum absolute atomic E-state index is 6.85. The van der Waals surface area contributed by atoms with Crippen molar-refractivity contribution in [2.24, 2.45) is 17.8 Å². The van der Waals surface area contributed by atoms with E-state index in [1.807, 2.05) is 0 Å². The van der Waals surface area contributed by atoms with Crippen LogP contribution in [-0.4, -0.2) is 89.4 Å². The Labute approximate surface area is 391 Å². The van der Waals surface area contributed by atoms with Gasteiger partial charge in [0.15, 0.2) is 8.32 Å². The molecular formula is C49H108O5Si7. The normalized spacial score (nSPS) is 17.7. The standard InChI is InChI=1S/C49H108O5Si7/c1-43(2)39-51-56-46(49(56)54-61(17,18)19)35-31-27-23-22-26-30-34-38-55(42-53-60(14,15)16)50-40-44(3)47(57(5,6)7)36-32-28-24-20-21-25-29-33-37-48(58(8,9)10)45(4)41-52-59(11,12)13/h42-48H,20-41H2,1-19H3/b55-42-. The molecule has 0 spiro atoms. The lowest BCUT2D eigenvalue weighted by molar-refractivity contribution is 0.240. The molecule has 5 nitrogen and oxygen atoms in total. The zero-order chi connectivity index (χ0) is 46.5. The van der Waals surface area contributed by atoms with Gasteiger partial charge in [-0.2, -0.15) is 0 Å². The van der Waals surface area contributed by atoms with E-state index in [0.29, 0.717) is 23.3 Å². The van der Waals surface area contributed by atoms with Gasteiger partial charge in [0, 0.05) is 22.8 Å². The Morgan fingerprint density at radius 1 is 0.525 bits per heavy atom. The van der Waals surface area contributed by atoms with Crippen LogP contribution in [-0.2, 0) is 22.1 Å². The number of rotatable bonds is 38. The summed E-state index contributed by atoms with van der Waals surface area (Å²) in [6.07, 6.45) is 24.6. The topological polar surface area (TPSA) is 46.2 Å². The Kier molecular flexibility index (Phi) is 28.5. The van der Waals surface area contributed by atoms with E-state index in [9.17, 15) is 0 Å². The van der Waals surface area contributed by atoms with Crippen LogP contribution >= 0.6 is 0 Å². The predicted molar refractivity (Wildman–Crippen MR) is 292 cm³/mol. The zero-order valence-electron chi connectivity index (χ0n) is 44.6. The van der Waals surface area contributed by atoms with Crippen LogP contribution in [0, 0.1) is 17.8 Å². The highest BCUT2D eigenvalue weighted by atomic mass is 28.4. The predicted octanol–water partition coefficient (Wildman–Crippen LogP) is 16.4. The molecule has 0 saturated heterocycles. The van der Waals surface area contributed by atoms with Gasteiger partial charge in [-0.1, -0.05) is 170 Å². The van der Waals surface area contributed by atoms with Crippen molar-refractivity contribution < 1.29 is 22.1 Å². The largest absolute Gasteiger partial charge is 0.550 e. The summed E-state index contributed by atoms with van der Waals surface area (Å²) in [7, 11) is -9.02. The number of unbranched alkanes of at least 4 members (excludes halogenated alkanes) is 13. The fourth-order valence-corrected chi connectivity index (χ4v) is 23.3. The third-order valence-electron chi connectivity index (χ3n) is 12.4. The second-order valence-electron chi connectivity index (χ2n) is 25.1. The molecule has 0 bridgehead atoms. The molecule has 0 aromatic heterocycles. The SMILES string of the molecule is CC(C)CO[Si]1=C(O[Si](C)(C)C)C1CCCCCCCCC/[Si](=C/O[Si](C)(C)C)OCC(C)C(CCCCCCCCCCC(C(C)CO[Si](C)(C)C)[Si](C)(C)C)[Si](C)(C)C. The fourth-order valence-electron chi connectivity index (χ4n) is 9.09. The monoisotopic (exact) mass is 973 g/mol. The summed E-state index contributed by atoms with van der Waals surface area (Å²) in [5.74, 6) is 4.12. The molecule has 61 heavy (non-hydrogen) atoms. The molecule has 362 valence electrons. The van der Waals surface area contributed by atoms with Crippen molar-refractivity contribution in [2.75, 3.05) is 19.8 Å². The molecule has 1 aliphatic rings. The summed E-state index contributed by atoms with van der Waals surface area (Å²) >= 11 is 0. The van der Waals surface area contributed by atoms with Crippen LogP contribution in [0.25, 0.3) is 0 Å². The minimum atomic E-state index is -1.62. The van der Waals surface area contributed by atoms with E-state index in [-0.39, 0.29) is 0 Å². The summed E-state index contributed by atoms with van der Waals surface area (Å²) in [6, 6.07) is 1.18. The highest BCUT2D eigenvalue weighted by Crippen LogP contribution is 2.38. The highest BCUT2D eigenvalue weighted by molar-refractivity contribution is 6.89. The van der Waals surface area contributed by atoms with E-state index in [0.717, 1.165) is 30.9 Å². The van der Waals surface area contributed by atoms with Gasteiger partial charge >= 0.3 is 0 Å². The van der Waals surface area contributed by atoms with Gasteiger partial charge in [-0.15, -0.1) is 0 Å². The summed E-state index contributed by atoms with van der Waals surface area (Å²) in [4.78, 5) is 0. The lowest BCUT2D eigenvalue weighted by Gasteiger charge is -2.35. The maximum atomic E-state index is 6.85. The maximum Gasteiger partial charge on any atom is 0.282 e. The van der Waals surface area contributed by atoms with Crippen LogP contribution < -0.4 is 0 Å². The number of hydrogen-bond donors (Lipinski definition) is 0. The van der Waals surface area contributed by atoms with Crippen LogP contribution in [0.4, 0.5) is 0 Å². The molecule has 0 amide bonds. The van der Waals surface area contributed by atoms with E-state index in [1.165, 1.54) is 127 Å². The molecule has 5 unspecified atom stereocenters. The highest BCUT2D eigenvalue weighted by Gasteiger charge is 2.44. The van der Waals surface area contributed by atoms with Gasteiger partial charge in [0.1, 0.15) is 5.35 Å². The average Bonchev–Trinajstić information content (AvgIpc) is 3.75. The third-order valence-corrected chi connectivity index (χ3v) is 25.8. The van der Waals surface area contributed by atoms with E-state index < -0.39 is 58.4 Å². The molecular weight excluding hydrogens is 865 g/mol. The van der Waals surface area contributed by atoms with Gasteiger partial charge in [0.05, 0.1) is 24.6 Å². The van der Waals surface area contributed by atoms with Crippen molar-refractivity contribution in [1.82, 2.24) is 0 Å². The van der Waals surface area contributed by atoms with Crippen molar-refractivity contribution in [2.45, 2.75) is 264 Å². The Hall–Kier alpha value is 0.418. The summed E-state index contributed by atoms with van der Waals surface area (Å²) < 4.78 is 32.4. The number of hydrogen-bond acceptors (Lipinski definition) is 5. The molecule has 1 rings (SSSR count). The summed E-state index contributed by atoms with van der Waals surface area (Å²) in [5.41, 5.74) is 2.34. The van der Waals surface area contributed by atoms with Gasteiger partial charge in [-0.05, 0) is 107 Å². The Morgan fingerprint density at radius 3 is 1.39 bits per heavy atom. The Morgan fingerprint density at radius 2 is 0.967 bits per heavy atom. The van der Waals surface area contributed by atoms with Gasteiger partial charge in [-0.25, -0.2) is 0 Å². The molecule has 0 aromatic carbocycles. The zero-order valence-corrected chi connectivity index (χ0v) is 51.6. The molecule has 1 heterocycles. The van der Waals surface area contributed by atoms with Crippen LogP contribution in [0.15, 0.2) is 0 Å². The van der Waals surface area contributed by atoms with Gasteiger partial charge in [0.25, 0.3) is 17.3 Å². The van der Waals surface area contributed by atoms with E-state index in [2.05, 4.69) is 132 Å². The molecule has 0 N–H and O–H groups in total. The first-order valence-electron chi connectivity index (χ1n) is 25.8. The molecule has 1 aliphatic heterocycles. The molecule has 0 saturated carbocycles. The lowest BCUT2D eigenvalue weighted by atomic mass is 10.00. The average molecular weight is 974 g/mol. The molecule has 0 radical (unpaired) electrons. The van der Waals surface area contributed by atoms with Crippen LogP contribution in [0.5, 0.6) is 0 Å². The molecule has 0 fully saturated rings. The first-order valence-corrected chi connectivity index (χ1v) is 46.4. The fraction of sp³-hybridized carbons (Fsp3) is 0.959. The minimum Gasteiger partial charge on any atom is -0.550 e. The minimum absolute atomic E-state index is 0.599. The summed E-state index contributed by atoms with van der Waals surface area (Å²) in [6.45, 7) is 48.5. The molecule has 0 aliphatic carbocycles. The van der Waals surface area contributed by atoms with Crippen molar-refractivity contribution >= 4 is 69.6 Å². The smallest absolute Gasteiger partial charge is 0.282 e. The second-order valence-corrected chi connectivity index (χ2v) is 53.6. The molecule has 0 aromatic rings. The van der Waals surface area contributed by atoms with Crippen molar-refractivity contribution in [3.8, 4) is 0 Å². The summed E-state index contributed by atoms with van der Waals surface area (Å²) in [5, 5.41) is 1.36. The molecule has 12 heteroatoms. The van der Waals surface area contributed by atoms with Crippen LogP contribution in [0.3, 0.4) is 0 Å². The van der Waals surface area contributed by atoms with Crippen molar-refractivity contribution in [1.29, 1.82) is 0 Å². The first-order chi connectivity index (χ1) is 28.1. The van der Waals surface area contributed by atoms with Gasteiger partial charge in [-0.3, -0.25) is 0 Å². The van der Waals surface area contributed by atoms with Crippen LogP contribution in [0.1, 0.15) is 143 Å². The second kappa shape index (κ2) is 29.2. The third kappa shape index (κ3) is 30.4. The lowest BCUT2D eigenvalue weighted by Crippen LogP contribution is -2.36. The van der Waals surface area contributed by atoms with Crippen molar-refractivity contribution in [3.05, 3.63) is 0 Å². The molecule has 5 atom stereocenters. The van der Waals surface area contributed by atoms with E-state index >= 15 is 0 Å². The van der Waals surface area contributed by atoms with Crippen LogP contribution in [0.2, 0.25) is 121 Å². The Bertz CT molecular complexity index is 1220. The van der Waals surface area contributed by atoms with Crippen molar-refractivity contribution in [3.63, 3.8) is 0 Å². The Balaban J connectivity index is 2.41.